The van der Waals surface area contributed by atoms with Crippen molar-refractivity contribution in [1.29, 1.82) is 0 Å². The number of aromatic nitrogens is 4. The molecule has 2 aliphatic heterocycles. The Labute approximate surface area is 273 Å². The van der Waals surface area contributed by atoms with Gasteiger partial charge in [-0.3, -0.25) is 14.3 Å². The molecule has 4 heterocycles. The summed E-state index contributed by atoms with van der Waals surface area (Å²) in [5.41, 5.74) is 0.404. The SMILES string of the molecule is CC(C)(C)OC(=O)N1CCC[C@H]1C(=O)NC[C@H]1CC[C@H](Nc2nc(N3CCOCC3)cc(-n3c(C(F)F)nc4ccccc43)n2)CC1. The molecule has 3 fully saturated rings. The van der Waals surface area contributed by atoms with Gasteiger partial charge >= 0.3 is 6.09 Å². The van der Waals surface area contributed by atoms with E-state index in [1.807, 2.05) is 20.8 Å². The van der Waals surface area contributed by atoms with Crippen LogP contribution in [0.4, 0.5) is 25.3 Å². The number of anilines is 2. The van der Waals surface area contributed by atoms with E-state index >= 15 is 0 Å². The normalized spacial score (nSPS) is 22.1. The number of halogens is 2. The molecule has 12 nitrogen and oxygen atoms in total. The number of carbonyl (C=O) groups is 2. The number of nitrogens with zero attached hydrogens (tertiary/aromatic N) is 6. The van der Waals surface area contributed by atoms with Crippen molar-refractivity contribution in [3.05, 3.63) is 36.2 Å². The van der Waals surface area contributed by atoms with Crippen LogP contribution in [0.3, 0.4) is 0 Å². The number of imidazole rings is 1. The number of para-hydroxylation sites is 2. The van der Waals surface area contributed by atoms with Crippen molar-refractivity contribution >= 4 is 34.8 Å². The van der Waals surface area contributed by atoms with Gasteiger partial charge in [-0.2, -0.15) is 9.97 Å². The first-order valence-corrected chi connectivity index (χ1v) is 16.6. The van der Waals surface area contributed by atoms with E-state index in [0.29, 0.717) is 80.3 Å². The number of carbonyl (C=O) groups excluding carboxylic acids is 2. The van der Waals surface area contributed by atoms with Crippen molar-refractivity contribution in [2.45, 2.75) is 83.4 Å². The largest absolute Gasteiger partial charge is 0.444 e. The number of hydrogen-bond donors (Lipinski definition) is 2. The number of amides is 2. The number of morpholine rings is 1. The first-order chi connectivity index (χ1) is 22.6. The lowest BCUT2D eigenvalue weighted by Crippen LogP contribution is -2.48. The van der Waals surface area contributed by atoms with Gasteiger partial charge in [0.05, 0.1) is 24.2 Å². The maximum atomic E-state index is 14.2. The van der Waals surface area contributed by atoms with Gasteiger partial charge in [0.15, 0.2) is 5.82 Å². The van der Waals surface area contributed by atoms with Crippen LogP contribution in [0.1, 0.15) is 71.5 Å². The monoisotopic (exact) mass is 654 g/mol. The van der Waals surface area contributed by atoms with E-state index in [-0.39, 0.29) is 17.8 Å². The van der Waals surface area contributed by atoms with Crippen LogP contribution in [0.15, 0.2) is 30.3 Å². The number of nitrogens with one attached hydrogen (secondary N) is 2. The zero-order chi connectivity index (χ0) is 33.1. The number of ether oxygens (including phenoxy) is 2. The van der Waals surface area contributed by atoms with Crippen LogP contribution < -0.4 is 15.5 Å². The molecule has 1 atom stereocenters. The molecule has 2 N–H and O–H groups in total. The number of fused-ring (bicyclic) bond motifs is 1. The van der Waals surface area contributed by atoms with Crippen molar-refractivity contribution in [3.63, 3.8) is 0 Å². The molecule has 2 amide bonds. The smallest absolute Gasteiger partial charge is 0.410 e. The molecule has 3 aliphatic rings. The lowest BCUT2D eigenvalue weighted by Gasteiger charge is -2.31. The van der Waals surface area contributed by atoms with Crippen molar-refractivity contribution in [2.24, 2.45) is 5.92 Å². The Morgan fingerprint density at radius 2 is 1.72 bits per heavy atom. The van der Waals surface area contributed by atoms with Gasteiger partial charge in [0.1, 0.15) is 23.3 Å². The van der Waals surface area contributed by atoms with Gasteiger partial charge in [-0.15, -0.1) is 0 Å². The molecule has 0 radical (unpaired) electrons. The van der Waals surface area contributed by atoms with Crippen molar-refractivity contribution in [2.75, 3.05) is 49.6 Å². The van der Waals surface area contributed by atoms with E-state index in [4.69, 9.17) is 19.4 Å². The van der Waals surface area contributed by atoms with Gasteiger partial charge in [-0.25, -0.2) is 18.6 Å². The van der Waals surface area contributed by atoms with Gasteiger partial charge in [0, 0.05) is 38.3 Å². The van der Waals surface area contributed by atoms with Gasteiger partial charge in [0.25, 0.3) is 6.43 Å². The predicted molar refractivity (Wildman–Crippen MR) is 173 cm³/mol. The fourth-order valence-corrected chi connectivity index (χ4v) is 6.62. The fourth-order valence-electron chi connectivity index (χ4n) is 6.62. The average molecular weight is 655 g/mol. The van der Waals surface area contributed by atoms with E-state index < -0.39 is 24.2 Å². The molecule has 1 saturated carbocycles. The van der Waals surface area contributed by atoms with E-state index in [9.17, 15) is 18.4 Å². The van der Waals surface area contributed by atoms with Crippen LogP contribution in [0.5, 0.6) is 0 Å². The van der Waals surface area contributed by atoms with Gasteiger partial charge in [0.2, 0.25) is 11.9 Å². The zero-order valence-corrected chi connectivity index (χ0v) is 27.3. The summed E-state index contributed by atoms with van der Waals surface area (Å²) in [6, 6.07) is 8.37. The van der Waals surface area contributed by atoms with Crippen LogP contribution in [0.25, 0.3) is 16.9 Å². The summed E-state index contributed by atoms with van der Waals surface area (Å²) >= 11 is 0. The lowest BCUT2D eigenvalue weighted by atomic mass is 9.86. The van der Waals surface area contributed by atoms with E-state index in [0.717, 1.165) is 32.1 Å². The van der Waals surface area contributed by atoms with Crippen LogP contribution in [0.2, 0.25) is 0 Å². The number of rotatable bonds is 8. The number of benzene rings is 1. The van der Waals surface area contributed by atoms with Gasteiger partial charge in [-0.05, 0) is 77.3 Å². The Kier molecular flexibility index (Phi) is 9.76. The highest BCUT2D eigenvalue weighted by molar-refractivity contribution is 5.86. The summed E-state index contributed by atoms with van der Waals surface area (Å²) < 4.78 is 40.9. The highest BCUT2D eigenvalue weighted by Gasteiger charge is 2.37. The third-order valence-corrected chi connectivity index (χ3v) is 8.97. The Morgan fingerprint density at radius 1 is 1.00 bits per heavy atom. The zero-order valence-electron chi connectivity index (χ0n) is 27.3. The van der Waals surface area contributed by atoms with Crippen molar-refractivity contribution < 1.29 is 27.8 Å². The summed E-state index contributed by atoms with van der Waals surface area (Å²) in [5, 5.41) is 6.56. The second-order valence-electron chi connectivity index (χ2n) is 13.5. The quantitative estimate of drug-likeness (QED) is 0.342. The first kappa shape index (κ1) is 32.9. The molecule has 3 aromatic rings. The van der Waals surface area contributed by atoms with Crippen molar-refractivity contribution in [3.8, 4) is 5.82 Å². The minimum Gasteiger partial charge on any atom is -0.444 e. The minimum absolute atomic E-state index is 0.0846. The fraction of sp³-hybridized carbons (Fsp3) is 0.606. The molecule has 2 aromatic heterocycles. The second kappa shape index (κ2) is 14.0. The molecule has 6 rings (SSSR count). The third kappa shape index (κ3) is 7.74. The number of hydrogen-bond acceptors (Lipinski definition) is 9. The first-order valence-electron chi connectivity index (χ1n) is 16.6. The van der Waals surface area contributed by atoms with Gasteiger partial charge in [-0.1, -0.05) is 12.1 Å². The van der Waals surface area contributed by atoms with Crippen molar-refractivity contribution in [1.82, 2.24) is 29.7 Å². The molecule has 1 aliphatic carbocycles. The minimum atomic E-state index is -2.79. The molecule has 0 unspecified atom stereocenters. The second-order valence-corrected chi connectivity index (χ2v) is 13.5. The van der Waals surface area contributed by atoms with Crippen LogP contribution in [0, 0.1) is 5.92 Å². The summed E-state index contributed by atoms with van der Waals surface area (Å²) in [4.78, 5) is 43.1. The standard InChI is InChI=1S/C33H44F2N8O4/c1-33(2,3)47-32(45)42-14-6-9-25(42)30(44)36-20-21-10-12-22(13-11-21)37-31-39-26(41-15-17-46-18-16-41)19-27(40-31)43-24-8-5-4-7-23(24)38-29(43)28(34)35/h4-5,7-8,19,21-22,25,28H,6,9-18,20H2,1-3H3,(H,36,44)(H,37,39,40)/t21-,22-,25-/m0/s1. The van der Waals surface area contributed by atoms with E-state index in [1.54, 1.807) is 30.3 Å². The average Bonchev–Trinajstić information content (AvgIpc) is 3.70. The molecule has 0 spiro atoms. The third-order valence-electron chi connectivity index (χ3n) is 8.97. The summed E-state index contributed by atoms with van der Waals surface area (Å²) in [6.07, 6.45) is 1.61. The van der Waals surface area contributed by atoms with Crippen LogP contribution in [-0.4, -0.2) is 93.5 Å². The highest BCUT2D eigenvalue weighted by Crippen LogP contribution is 2.31. The lowest BCUT2D eigenvalue weighted by molar-refractivity contribution is -0.125. The molecular weight excluding hydrogens is 610 g/mol. The molecule has 254 valence electrons. The Hall–Kier alpha value is -4.07. The maximum Gasteiger partial charge on any atom is 0.410 e. The number of alkyl halides is 2. The summed E-state index contributed by atoms with van der Waals surface area (Å²) in [5.74, 6) is 1.15. The predicted octanol–water partition coefficient (Wildman–Crippen LogP) is 5.08. The Balaban J connectivity index is 1.11. The maximum absolute atomic E-state index is 14.2. The highest BCUT2D eigenvalue weighted by atomic mass is 19.3. The Bertz CT molecular complexity index is 1560. The number of likely N-dealkylation sites (tertiary alicyclic amines) is 1. The topological polar surface area (TPSA) is 127 Å². The van der Waals surface area contributed by atoms with Crippen LogP contribution in [-0.2, 0) is 14.3 Å². The molecule has 47 heavy (non-hydrogen) atoms. The van der Waals surface area contributed by atoms with Gasteiger partial charge < -0.3 is 25.0 Å². The van der Waals surface area contributed by atoms with E-state index in [1.165, 1.54) is 9.47 Å². The summed E-state index contributed by atoms with van der Waals surface area (Å²) in [7, 11) is 0. The molecule has 1 aromatic carbocycles. The summed E-state index contributed by atoms with van der Waals surface area (Å²) in [6.45, 7) is 8.89. The Morgan fingerprint density at radius 3 is 2.45 bits per heavy atom. The molecule has 2 saturated heterocycles. The molecular formula is C33H44F2N8O4. The molecule has 14 heteroatoms. The van der Waals surface area contributed by atoms with Crippen LogP contribution >= 0.6 is 0 Å². The molecule has 0 bridgehead atoms. The van der Waals surface area contributed by atoms with E-state index in [2.05, 4.69) is 20.5 Å².